The highest BCUT2D eigenvalue weighted by Crippen LogP contribution is 2.63. The summed E-state index contributed by atoms with van der Waals surface area (Å²) in [7, 11) is 2.95. The normalized spacial score (nSPS) is 23.9. The minimum atomic E-state index is -0.900. The third-order valence-electron chi connectivity index (χ3n) is 7.29. The molecule has 2 aromatic rings. The SMILES string of the molecule is COC(=O)[C@@H]1Cc2c([nH]c3cc(OC)ccc23)C2(C[C@H]2C(C)C)N1C(=O)[C@H](C)NC(=O)OC(C)(C)C. The number of rotatable bonds is 5. The Kier molecular flexibility index (Phi) is 6.47. The monoisotopic (exact) mass is 499 g/mol. The van der Waals surface area contributed by atoms with Gasteiger partial charge in [-0.15, -0.1) is 0 Å². The van der Waals surface area contributed by atoms with E-state index in [2.05, 4.69) is 24.1 Å². The van der Waals surface area contributed by atoms with E-state index >= 15 is 0 Å². The van der Waals surface area contributed by atoms with E-state index in [-0.39, 0.29) is 17.7 Å². The first-order chi connectivity index (χ1) is 16.8. The Balaban J connectivity index is 1.80. The topological polar surface area (TPSA) is 110 Å². The van der Waals surface area contributed by atoms with Crippen LogP contribution in [0.4, 0.5) is 4.79 Å². The summed E-state index contributed by atoms with van der Waals surface area (Å²) in [4.78, 5) is 44.8. The van der Waals surface area contributed by atoms with E-state index in [1.807, 2.05) is 18.2 Å². The van der Waals surface area contributed by atoms with Gasteiger partial charge in [-0.05, 0) is 63.6 Å². The summed E-state index contributed by atoms with van der Waals surface area (Å²) in [5.74, 6) is 0.298. The van der Waals surface area contributed by atoms with Crippen molar-refractivity contribution in [1.29, 1.82) is 0 Å². The third-order valence-corrected chi connectivity index (χ3v) is 7.29. The molecule has 1 aromatic carbocycles. The Morgan fingerprint density at radius 2 is 1.86 bits per heavy atom. The van der Waals surface area contributed by atoms with E-state index in [9.17, 15) is 14.4 Å². The number of amides is 2. The van der Waals surface area contributed by atoms with Crippen LogP contribution < -0.4 is 10.1 Å². The summed E-state index contributed by atoms with van der Waals surface area (Å²) in [5, 5.41) is 3.66. The lowest BCUT2D eigenvalue weighted by Crippen LogP contribution is -2.60. The second-order valence-corrected chi connectivity index (χ2v) is 11.2. The van der Waals surface area contributed by atoms with Gasteiger partial charge in [-0.3, -0.25) is 4.79 Å². The molecule has 1 fully saturated rings. The number of esters is 1. The molecular formula is C27H37N3O6. The number of fused-ring (bicyclic) bond motifs is 4. The molecule has 9 heteroatoms. The van der Waals surface area contributed by atoms with E-state index in [0.717, 1.165) is 27.9 Å². The summed E-state index contributed by atoms with van der Waals surface area (Å²) >= 11 is 0. The molecule has 0 saturated heterocycles. The van der Waals surface area contributed by atoms with Gasteiger partial charge >= 0.3 is 12.1 Å². The molecule has 9 nitrogen and oxygen atoms in total. The highest BCUT2D eigenvalue weighted by molar-refractivity contribution is 5.94. The predicted octanol–water partition coefficient (Wildman–Crippen LogP) is 3.89. The zero-order chi connectivity index (χ0) is 26.6. The largest absolute Gasteiger partial charge is 0.497 e. The molecule has 2 N–H and O–H groups in total. The number of aromatic amines is 1. The Hall–Kier alpha value is -3.23. The van der Waals surface area contributed by atoms with Crippen LogP contribution in [-0.4, -0.2) is 59.8 Å². The summed E-state index contributed by atoms with van der Waals surface area (Å²) in [6.45, 7) is 11.1. The minimum absolute atomic E-state index is 0.136. The number of hydrogen-bond donors (Lipinski definition) is 2. The zero-order valence-corrected chi connectivity index (χ0v) is 22.4. The van der Waals surface area contributed by atoms with E-state index < -0.39 is 35.3 Å². The average molecular weight is 500 g/mol. The number of carbonyl (C=O) groups is 3. The molecule has 36 heavy (non-hydrogen) atoms. The van der Waals surface area contributed by atoms with Crippen LogP contribution in [0.15, 0.2) is 18.2 Å². The fourth-order valence-corrected chi connectivity index (χ4v) is 5.68. The molecule has 196 valence electrons. The van der Waals surface area contributed by atoms with Crippen LogP contribution in [0.1, 0.15) is 59.2 Å². The van der Waals surface area contributed by atoms with Gasteiger partial charge < -0.3 is 29.4 Å². The maximum absolute atomic E-state index is 14.0. The molecule has 0 radical (unpaired) electrons. The van der Waals surface area contributed by atoms with Gasteiger partial charge in [0.25, 0.3) is 0 Å². The number of methoxy groups -OCH3 is 2. The number of ether oxygens (including phenoxy) is 3. The van der Waals surface area contributed by atoms with Crippen molar-refractivity contribution in [3.05, 3.63) is 29.5 Å². The van der Waals surface area contributed by atoms with Crippen molar-refractivity contribution >= 4 is 28.9 Å². The van der Waals surface area contributed by atoms with Crippen molar-refractivity contribution in [3.8, 4) is 5.75 Å². The summed E-state index contributed by atoms with van der Waals surface area (Å²) in [5.41, 5.74) is 1.46. The van der Waals surface area contributed by atoms with E-state index in [4.69, 9.17) is 14.2 Å². The van der Waals surface area contributed by atoms with Crippen molar-refractivity contribution in [2.45, 2.75) is 77.6 Å². The van der Waals surface area contributed by atoms with Gasteiger partial charge in [0.1, 0.15) is 23.4 Å². The highest BCUT2D eigenvalue weighted by Gasteiger charge is 2.67. The van der Waals surface area contributed by atoms with Crippen molar-refractivity contribution in [2.75, 3.05) is 14.2 Å². The van der Waals surface area contributed by atoms with E-state index in [0.29, 0.717) is 12.8 Å². The number of aromatic nitrogens is 1. The van der Waals surface area contributed by atoms with Gasteiger partial charge in [0.15, 0.2) is 0 Å². The van der Waals surface area contributed by atoms with Crippen molar-refractivity contribution in [3.63, 3.8) is 0 Å². The number of alkyl carbamates (subject to hydrolysis) is 1. The molecule has 1 aliphatic carbocycles. The van der Waals surface area contributed by atoms with Crippen molar-refractivity contribution in [2.24, 2.45) is 11.8 Å². The smallest absolute Gasteiger partial charge is 0.408 e. The van der Waals surface area contributed by atoms with E-state index in [1.54, 1.807) is 39.7 Å². The lowest BCUT2D eigenvalue weighted by molar-refractivity contribution is -0.158. The first-order valence-corrected chi connectivity index (χ1v) is 12.4. The molecule has 4 rings (SSSR count). The number of benzene rings is 1. The van der Waals surface area contributed by atoms with Crippen molar-refractivity contribution < 1.29 is 28.6 Å². The maximum atomic E-state index is 14.0. The Bertz CT molecular complexity index is 1200. The Morgan fingerprint density at radius 1 is 1.17 bits per heavy atom. The second kappa shape index (κ2) is 9.01. The third kappa shape index (κ3) is 4.29. The first kappa shape index (κ1) is 25.9. The lowest BCUT2D eigenvalue weighted by atomic mass is 9.86. The minimum Gasteiger partial charge on any atom is -0.497 e. The molecule has 0 bridgehead atoms. The van der Waals surface area contributed by atoms with Crippen LogP contribution in [0.25, 0.3) is 10.9 Å². The average Bonchev–Trinajstić information content (AvgIpc) is 3.42. The number of nitrogens with one attached hydrogen (secondary N) is 2. The molecule has 1 aromatic heterocycles. The molecule has 1 aliphatic heterocycles. The summed E-state index contributed by atoms with van der Waals surface area (Å²) < 4.78 is 15.9. The molecular weight excluding hydrogens is 462 g/mol. The molecule has 2 aliphatic rings. The number of H-pyrrole nitrogens is 1. The molecule has 1 spiro atoms. The van der Waals surface area contributed by atoms with Crippen LogP contribution in [0.2, 0.25) is 0 Å². The Morgan fingerprint density at radius 3 is 2.42 bits per heavy atom. The molecule has 2 amide bonds. The fraction of sp³-hybridized carbons (Fsp3) is 0.593. The quantitative estimate of drug-likeness (QED) is 0.604. The molecule has 4 atom stereocenters. The van der Waals surface area contributed by atoms with Crippen LogP contribution in [-0.2, 0) is 31.0 Å². The number of hydrogen-bond acceptors (Lipinski definition) is 6. The summed E-state index contributed by atoms with van der Waals surface area (Å²) in [6.07, 6.45) is 0.338. The van der Waals surface area contributed by atoms with Gasteiger partial charge in [0, 0.05) is 29.1 Å². The Labute approximate surface area is 211 Å². The predicted molar refractivity (Wildman–Crippen MR) is 135 cm³/mol. The van der Waals surface area contributed by atoms with Crippen LogP contribution in [0, 0.1) is 11.8 Å². The van der Waals surface area contributed by atoms with Gasteiger partial charge in [0.05, 0.1) is 19.8 Å². The molecule has 2 heterocycles. The second-order valence-electron chi connectivity index (χ2n) is 11.2. The highest BCUT2D eigenvalue weighted by atomic mass is 16.6. The maximum Gasteiger partial charge on any atom is 0.408 e. The van der Waals surface area contributed by atoms with Crippen LogP contribution >= 0.6 is 0 Å². The van der Waals surface area contributed by atoms with Crippen LogP contribution in [0.5, 0.6) is 5.75 Å². The van der Waals surface area contributed by atoms with Crippen molar-refractivity contribution in [1.82, 2.24) is 15.2 Å². The van der Waals surface area contributed by atoms with E-state index in [1.165, 1.54) is 7.11 Å². The van der Waals surface area contributed by atoms with Gasteiger partial charge in [-0.1, -0.05) is 13.8 Å². The lowest BCUT2D eigenvalue weighted by Gasteiger charge is -2.43. The van der Waals surface area contributed by atoms with Gasteiger partial charge in [-0.2, -0.15) is 0 Å². The zero-order valence-electron chi connectivity index (χ0n) is 22.4. The fourth-order valence-electron chi connectivity index (χ4n) is 5.68. The molecule has 1 saturated carbocycles. The molecule has 1 unspecified atom stereocenters. The van der Waals surface area contributed by atoms with Gasteiger partial charge in [-0.25, -0.2) is 9.59 Å². The number of nitrogens with zero attached hydrogens (tertiary/aromatic N) is 1. The first-order valence-electron chi connectivity index (χ1n) is 12.4. The number of carbonyl (C=O) groups excluding carboxylic acids is 3. The standard InChI is InChI=1S/C27H37N3O6/c1-14(2)19-13-27(19)22-18(17-10-9-16(34-7)11-20(17)29-22)12-21(24(32)35-8)30(27)23(31)15(3)28-25(33)36-26(4,5)6/h9-11,14-15,19,21,29H,12-13H2,1-8H3,(H,28,33)/t15-,19-,21-,27?/m0/s1. The van der Waals surface area contributed by atoms with Gasteiger partial charge in [0.2, 0.25) is 5.91 Å². The van der Waals surface area contributed by atoms with Crippen LogP contribution in [0.3, 0.4) is 0 Å². The summed E-state index contributed by atoms with van der Waals surface area (Å²) in [6, 6.07) is 4.10.